The van der Waals surface area contributed by atoms with E-state index >= 15 is 0 Å². The molecule has 7 rings (SSSR count). The topological polar surface area (TPSA) is 18.5 Å². The zero-order valence-electron chi connectivity index (χ0n) is 22.0. The molecule has 0 N–H and O–H groups in total. The Morgan fingerprint density at radius 3 is 0.525 bits per heavy atom. The molecule has 0 aliphatic carbocycles. The molecule has 1 saturated heterocycles. The number of hydrogen-bond acceptors (Lipinski definition) is 2. The third-order valence-corrected chi connectivity index (χ3v) is 20.4. The summed E-state index contributed by atoms with van der Waals surface area (Å²) < 4.78 is 16.5. The Labute approximate surface area is 236 Å². The normalized spacial score (nSPS) is 19.9. The molecule has 6 aromatic rings. The first-order valence-electron chi connectivity index (χ1n) is 13.5. The average Bonchev–Trinajstić information content (AvgIpc) is 3.04. The Morgan fingerprint density at radius 1 is 0.225 bits per heavy atom. The van der Waals surface area contributed by atoms with Crippen molar-refractivity contribution in [3.05, 3.63) is 182 Å². The summed E-state index contributed by atoms with van der Waals surface area (Å²) in [5, 5.41) is 6.30. The fourth-order valence-electron chi connectivity index (χ4n) is 6.25. The van der Waals surface area contributed by atoms with E-state index in [9.17, 15) is 0 Å². The van der Waals surface area contributed by atoms with Crippen molar-refractivity contribution >= 4 is 45.9 Å². The van der Waals surface area contributed by atoms with Crippen molar-refractivity contribution in [3.8, 4) is 0 Å². The SMILES string of the molecule is c1ccc(P2(c3ccccc3)(c3ccccc3)OP(c3ccccc3)(c3ccccc3)(c3ccccc3)O2)cc1. The second kappa shape index (κ2) is 9.34. The van der Waals surface area contributed by atoms with Crippen LogP contribution in [0.2, 0.25) is 0 Å². The fourth-order valence-corrected chi connectivity index (χ4v) is 21.7. The summed E-state index contributed by atoms with van der Waals surface area (Å²) in [6.07, 6.45) is 0. The van der Waals surface area contributed by atoms with E-state index < -0.39 is 14.1 Å². The summed E-state index contributed by atoms with van der Waals surface area (Å²) in [6, 6.07) is 63.4. The van der Waals surface area contributed by atoms with Crippen molar-refractivity contribution in [2.45, 2.75) is 0 Å². The molecule has 4 heteroatoms. The molecule has 1 aliphatic heterocycles. The molecular formula is C36H30O2P2. The Morgan fingerprint density at radius 2 is 0.375 bits per heavy atom. The van der Waals surface area contributed by atoms with Crippen molar-refractivity contribution in [1.82, 2.24) is 0 Å². The molecule has 40 heavy (non-hydrogen) atoms. The van der Waals surface area contributed by atoms with Crippen LogP contribution in [0.4, 0.5) is 0 Å². The average molecular weight is 557 g/mol. The molecule has 0 atom stereocenters. The van der Waals surface area contributed by atoms with E-state index in [4.69, 9.17) is 8.62 Å². The van der Waals surface area contributed by atoms with Crippen molar-refractivity contribution in [1.29, 1.82) is 0 Å². The van der Waals surface area contributed by atoms with Gasteiger partial charge in [0, 0.05) is 0 Å². The minimum absolute atomic E-state index is 1.05. The molecule has 0 unspecified atom stereocenters. The van der Waals surface area contributed by atoms with Crippen LogP contribution in [0.1, 0.15) is 0 Å². The zero-order chi connectivity index (χ0) is 27.0. The predicted octanol–water partition coefficient (Wildman–Crippen LogP) is 6.75. The van der Waals surface area contributed by atoms with Crippen LogP contribution in [-0.2, 0) is 8.62 Å². The third-order valence-electron chi connectivity index (χ3n) is 7.97. The van der Waals surface area contributed by atoms with Gasteiger partial charge in [-0.1, -0.05) is 0 Å². The van der Waals surface area contributed by atoms with Gasteiger partial charge in [-0.2, -0.15) is 0 Å². The number of hydrogen-bond donors (Lipinski definition) is 0. The van der Waals surface area contributed by atoms with Crippen LogP contribution in [-0.4, -0.2) is 0 Å². The Hall–Kier alpha value is -3.90. The number of rotatable bonds is 6. The van der Waals surface area contributed by atoms with Gasteiger partial charge in [-0.3, -0.25) is 0 Å². The van der Waals surface area contributed by atoms with E-state index in [1.807, 2.05) is 0 Å². The van der Waals surface area contributed by atoms with Gasteiger partial charge in [0.25, 0.3) is 0 Å². The molecule has 0 spiro atoms. The molecule has 1 fully saturated rings. The van der Waals surface area contributed by atoms with Crippen LogP contribution in [0.3, 0.4) is 0 Å². The first-order valence-corrected chi connectivity index (χ1v) is 17.7. The molecular weight excluding hydrogens is 526 g/mol. The van der Waals surface area contributed by atoms with Crippen LogP contribution >= 0.6 is 14.1 Å². The van der Waals surface area contributed by atoms with Gasteiger partial charge in [0.2, 0.25) is 0 Å². The van der Waals surface area contributed by atoms with E-state index in [1.165, 1.54) is 0 Å². The monoisotopic (exact) mass is 556 g/mol. The summed E-state index contributed by atoms with van der Waals surface area (Å²) in [7, 11) is -7.90. The molecule has 0 aromatic heterocycles. The standard InChI is InChI=1S/C36H30O2P2/c1-7-19-31(20-8-1)39(32-21-9-2-10-22-32,33-23-11-3-12-24-33)37-40(38-39,34-25-13-4-14-26-34,35-27-15-5-16-28-35)36-29-17-6-18-30-36/h1-30H. The summed E-state index contributed by atoms with van der Waals surface area (Å²) in [4.78, 5) is 0. The molecule has 1 aliphatic rings. The van der Waals surface area contributed by atoms with E-state index in [2.05, 4.69) is 182 Å². The van der Waals surface area contributed by atoms with Gasteiger partial charge in [-0.25, -0.2) is 0 Å². The summed E-state index contributed by atoms with van der Waals surface area (Å²) in [6.45, 7) is 0. The summed E-state index contributed by atoms with van der Waals surface area (Å²) >= 11 is 0. The molecule has 1 heterocycles. The van der Waals surface area contributed by atoms with Crippen molar-refractivity contribution in [3.63, 3.8) is 0 Å². The molecule has 196 valence electrons. The molecule has 2 nitrogen and oxygen atoms in total. The van der Waals surface area contributed by atoms with E-state index in [1.54, 1.807) is 0 Å². The zero-order valence-corrected chi connectivity index (χ0v) is 23.8. The van der Waals surface area contributed by atoms with Crippen LogP contribution in [0.5, 0.6) is 0 Å². The van der Waals surface area contributed by atoms with Gasteiger partial charge in [-0.15, -0.1) is 0 Å². The third kappa shape index (κ3) is 3.20. The van der Waals surface area contributed by atoms with Crippen molar-refractivity contribution < 1.29 is 8.62 Å². The Bertz CT molecular complexity index is 1400. The Balaban J connectivity index is 1.69. The maximum atomic E-state index is 8.24. The summed E-state index contributed by atoms with van der Waals surface area (Å²) in [5.41, 5.74) is 0. The van der Waals surface area contributed by atoms with Gasteiger partial charge in [0.15, 0.2) is 0 Å². The Kier molecular flexibility index (Phi) is 5.86. The molecule has 0 amide bonds. The van der Waals surface area contributed by atoms with Crippen LogP contribution in [0.25, 0.3) is 0 Å². The molecule has 6 aromatic carbocycles. The number of benzene rings is 6. The maximum absolute atomic E-state index is 8.24. The fraction of sp³-hybridized carbons (Fsp3) is 0. The van der Waals surface area contributed by atoms with Crippen molar-refractivity contribution in [2.75, 3.05) is 0 Å². The van der Waals surface area contributed by atoms with E-state index in [0.29, 0.717) is 0 Å². The van der Waals surface area contributed by atoms with Gasteiger partial charge < -0.3 is 0 Å². The second-order valence-electron chi connectivity index (χ2n) is 10.1. The second-order valence-corrected chi connectivity index (χ2v) is 18.3. The van der Waals surface area contributed by atoms with Gasteiger partial charge in [0.05, 0.1) is 0 Å². The predicted molar refractivity (Wildman–Crippen MR) is 172 cm³/mol. The van der Waals surface area contributed by atoms with Crippen LogP contribution < -0.4 is 31.8 Å². The first-order chi connectivity index (χ1) is 19.7. The van der Waals surface area contributed by atoms with Crippen LogP contribution in [0.15, 0.2) is 182 Å². The van der Waals surface area contributed by atoms with Crippen molar-refractivity contribution in [2.24, 2.45) is 0 Å². The quantitative estimate of drug-likeness (QED) is 0.211. The minimum atomic E-state index is -3.95. The molecule has 0 saturated carbocycles. The molecule has 0 bridgehead atoms. The van der Waals surface area contributed by atoms with Crippen LogP contribution in [0, 0.1) is 0 Å². The summed E-state index contributed by atoms with van der Waals surface area (Å²) in [5.74, 6) is 0. The van der Waals surface area contributed by atoms with Gasteiger partial charge >= 0.3 is 237 Å². The van der Waals surface area contributed by atoms with Gasteiger partial charge in [0.1, 0.15) is 0 Å². The van der Waals surface area contributed by atoms with E-state index in [-0.39, 0.29) is 0 Å². The van der Waals surface area contributed by atoms with E-state index in [0.717, 1.165) is 31.8 Å². The molecule has 0 radical (unpaired) electrons. The van der Waals surface area contributed by atoms with Gasteiger partial charge in [-0.05, 0) is 0 Å². The first kappa shape index (κ1) is 25.1.